The van der Waals surface area contributed by atoms with Crippen LogP contribution in [0.25, 0.3) is 0 Å². The van der Waals surface area contributed by atoms with Crippen molar-refractivity contribution in [1.29, 1.82) is 0 Å². The predicted octanol–water partition coefficient (Wildman–Crippen LogP) is 3.34. The van der Waals surface area contributed by atoms with Crippen LogP contribution in [-0.4, -0.2) is 44.1 Å². The van der Waals surface area contributed by atoms with Gasteiger partial charge in [-0.3, -0.25) is 4.79 Å². The third kappa shape index (κ3) is 6.82. The number of benzene rings is 2. The molecule has 1 heterocycles. The first-order valence-corrected chi connectivity index (χ1v) is 10.1. The fourth-order valence-corrected chi connectivity index (χ4v) is 3.42. The lowest BCUT2D eigenvalue weighted by Crippen LogP contribution is -2.45. The van der Waals surface area contributed by atoms with E-state index in [4.69, 9.17) is 6.42 Å². The van der Waals surface area contributed by atoms with E-state index in [2.05, 4.69) is 26.9 Å². The number of carbonyl (C=O) groups excluding carboxylic acids is 1. The lowest BCUT2D eigenvalue weighted by molar-refractivity contribution is -0.114. The second-order valence-corrected chi connectivity index (χ2v) is 7.11. The van der Waals surface area contributed by atoms with Crippen molar-refractivity contribution in [3.05, 3.63) is 59.7 Å². The molecule has 1 aliphatic rings. The van der Waals surface area contributed by atoms with Gasteiger partial charge in [0, 0.05) is 36.9 Å². The lowest BCUT2D eigenvalue weighted by atomic mass is 10.2. The molecule has 1 saturated heterocycles. The Labute approximate surface area is 203 Å². The van der Waals surface area contributed by atoms with Gasteiger partial charge in [-0.25, -0.2) is 13.8 Å². The number of terminal acetylenes is 1. The van der Waals surface area contributed by atoms with E-state index >= 15 is 0 Å². The number of nitrogens with zero attached hydrogens (tertiary/aromatic N) is 2. The zero-order chi connectivity index (χ0) is 22.2. The molecule has 32 heavy (non-hydrogen) atoms. The van der Waals surface area contributed by atoms with Crippen LogP contribution in [0.15, 0.2) is 47.5 Å². The Bertz CT molecular complexity index is 988. The van der Waals surface area contributed by atoms with Crippen molar-refractivity contribution in [2.24, 2.45) is 4.99 Å². The summed E-state index contributed by atoms with van der Waals surface area (Å²) in [6, 6.07) is 10.8. The number of halogens is 3. The summed E-state index contributed by atoms with van der Waals surface area (Å²) in [6.07, 6.45) is 6.06. The smallest absolute Gasteiger partial charge is 0.246 e. The SMILES string of the molecule is C#Cc1cccc(NC(=O)CN=C(NCC)NC2CCN(c3c(F)cccc3F)C2)c1.I. The summed E-state index contributed by atoms with van der Waals surface area (Å²) in [5, 5.41) is 9.09. The Morgan fingerprint density at radius 3 is 2.66 bits per heavy atom. The number of aliphatic imine (C=N–C) groups is 1. The summed E-state index contributed by atoms with van der Waals surface area (Å²) in [7, 11) is 0. The van der Waals surface area contributed by atoms with Gasteiger partial charge in [-0.1, -0.05) is 18.1 Å². The number of carbonyl (C=O) groups is 1. The molecule has 0 bridgehead atoms. The van der Waals surface area contributed by atoms with Gasteiger partial charge in [0.25, 0.3) is 0 Å². The minimum absolute atomic E-state index is 0. The number of hydrogen-bond acceptors (Lipinski definition) is 3. The molecule has 1 amide bonds. The maximum Gasteiger partial charge on any atom is 0.246 e. The molecule has 6 nitrogen and oxygen atoms in total. The summed E-state index contributed by atoms with van der Waals surface area (Å²) in [5.74, 6) is 1.55. The van der Waals surface area contributed by atoms with Gasteiger partial charge in [0.2, 0.25) is 5.91 Å². The third-order valence-electron chi connectivity index (χ3n) is 4.82. The Hall–Kier alpha value is -2.87. The molecule has 3 rings (SSSR count). The van der Waals surface area contributed by atoms with E-state index in [1.807, 2.05) is 6.92 Å². The first-order chi connectivity index (χ1) is 15.0. The molecule has 1 atom stereocenters. The van der Waals surface area contributed by atoms with Crippen LogP contribution >= 0.6 is 24.0 Å². The molecular weight excluding hydrogens is 527 g/mol. The fourth-order valence-electron chi connectivity index (χ4n) is 3.42. The summed E-state index contributed by atoms with van der Waals surface area (Å²) in [4.78, 5) is 18.3. The molecule has 0 saturated carbocycles. The van der Waals surface area contributed by atoms with Gasteiger partial charge in [-0.15, -0.1) is 30.4 Å². The van der Waals surface area contributed by atoms with Crippen LogP contribution in [0.3, 0.4) is 0 Å². The minimum atomic E-state index is -0.577. The summed E-state index contributed by atoms with van der Waals surface area (Å²) >= 11 is 0. The van der Waals surface area contributed by atoms with Gasteiger partial charge in [-0.05, 0) is 43.7 Å². The molecule has 2 aromatic carbocycles. The zero-order valence-corrected chi connectivity index (χ0v) is 20.0. The maximum absolute atomic E-state index is 14.1. The van der Waals surface area contributed by atoms with E-state index in [9.17, 15) is 13.6 Å². The first kappa shape index (κ1) is 25.4. The van der Waals surface area contributed by atoms with E-state index in [0.29, 0.717) is 43.3 Å². The highest BCUT2D eigenvalue weighted by atomic mass is 127. The van der Waals surface area contributed by atoms with Crippen molar-refractivity contribution >= 4 is 47.2 Å². The molecule has 0 spiro atoms. The van der Waals surface area contributed by atoms with Gasteiger partial charge in [0.15, 0.2) is 5.96 Å². The van der Waals surface area contributed by atoms with Crippen LogP contribution in [0.5, 0.6) is 0 Å². The van der Waals surface area contributed by atoms with Gasteiger partial charge in [0.05, 0.1) is 0 Å². The van der Waals surface area contributed by atoms with E-state index < -0.39 is 11.6 Å². The number of anilines is 2. The van der Waals surface area contributed by atoms with E-state index in [1.54, 1.807) is 29.2 Å². The van der Waals surface area contributed by atoms with Crippen molar-refractivity contribution in [3.63, 3.8) is 0 Å². The first-order valence-electron chi connectivity index (χ1n) is 10.1. The molecule has 2 aromatic rings. The van der Waals surface area contributed by atoms with Crippen LogP contribution < -0.4 is 20.9 Å². The van der Waals surface area contributed by atoms with E-state index in [1.165, 1.54) is 18.2 Å². The normalized spacial score (nSPS) is 15.5. The van der Waals surface area contributed by atoms with Crippen molar-refractivity contribution in [2.75, 3.05) is 36.4 Å². The van der Waals surface area contributed by atoms with Crippen molar-refractivity contribution in [2.45, 2.75) is 19.4 Å². The monoisotopic (exact) mass is 553 g/mol. The van der Waals surface area contributed by atoms with Crippen LogP contribution in [0.4, 0.5) is 20.2 Å². The van der Waals surface area contributed by atoms with Gasteiger partial charge < -0.3 is 20.9 Å². The molecule has 0 aromatic heterocycles. The van der Waals surface area contributed by atoms with E-state index in [0.717, 1.165) is 0 Å². The molecular formula is C23H26F2IN5O. The summed E-state index contributed by atoms with van der Waals surface area (Å²) in [6.45, 7) is 3.37. The summed E-state index contributed by atoms with van der Waals surface area (Å²) < 4.78 is 28.1. The van der Waals surface area contributed by atoms with Gasteiger partial charge in [-0.2, -0.15) is 0 Å². The van der Waals surface area contributed by atoms with E-state index in [-0.39, 0.29) is 48.2 Å². The second-order valence-electron chi connectivity index (χ2n) is 7.11. The zero-order valence-electron chi connectivity index (χ0n) is 17.7. The largest absolute Gasteiger partial charge is 0.365 e. The number of guanidine groups is 1. The Morgan fingerprint density at radius 1 is 1.25 bits per heavy atom. The van der Waals surface area contributed by atoms with Crippen LogP contribution in [0, 0.1) is 24.0 Å². The number of nitrogens with one attached hydrogen (secondary N) is 3. The third-order valence-corrected chi connectivity index (χ3v) is 4.82. The molecule has 9 heteroatoms. The van der Waals surface area contributed by atoms with Crippen LogP contribution in [0.1, 0.15) is 18.9 Å². The molecule has 3 N–H and O–H groups in total. The van der Waals surface area contributed by atoms with Crippen molar-refractivity contribution < 1.29 is 13.6 Å². The number of amides is 1. The maximum atomic E-state index is 14.1. The quantitative estimate of drug-likeness (QED) is 0.222. The molecule has 1 fully saturated rings. The number of hydrogen-bond donors (Lipinski definition) is 3. The Kier molecular flexibility index (Phi) is 9.71. The second kappa shape index (κ2) is 12.2. The standard InChI is InChI=1S/C23H25F2N5O.HI/c1-3-16-7-5-8-17(13-16)28-21(31)14-27-23(26-4-2)29-18-11-12-30(15-18)22-19(24)9-6-10-20(22)25;/h1,5-10,13,18H,4,11-12,14-15H2,2H3,(H,28,31)(H2,26,27,29);1H. The highest BCUT2D eigenvalue weighted by Gasteiger charge is 2.27. The average Bonchev–Trinajstić information content (AvgIpc) is 3.20. The molecule has 170 valence electrons. The molecule has 1 unspecified atom stereocenters. The van der Waals surface area contributed by atoms with Crippen LogP contribution in [0.2, 0.25) is 0 Å². The Balaban J connectivity index is 0.00000363. The minimum Gasteiger partial charge on any atom is -0.365 e. The highest BCUT2D eigenvalue weighted by molar-refractivity contribution is 14.0. The van der Waals surface area contributed by atoms with Gasteiger partial charge in [0.1, 0.15) is 23.9 Å². The van der Waals surface area contributed by atoms with Crippen molar-refractivity contribution in [1.82, 2.24) is 10.6 Å². The number of para-hydroxylation sites is 1. The fraction of sp³-hybridized carbons (Fsp3) is 0.304. The number of rotatable bonds is 6. The molecule has 1 aliphatic heterocycles. The molecule has 0 radical (unpaired) electrons. The van der Waals surface area contributed by atoms with Crippen LogP contribution in [-0.2, 0) is 4.79 Å². The topological polar surface area (TPSA) is 68.8 Å². The average molecular weight is 553 g/mol. The Morgan fingerprint density at radius 2 is 1.97 bits per heavy atom. The highest BCUT2D eigenvalue weighted by Crippen LogP contribution is 2.26. The molecule has 0 aliphatic carbocycles. The van der Waals surface area contributed by atoms with Crippen molar-refractivity contribution in [3.8, 4) is 12.3 Å². The summed E-state index contributed by atoms with van der Waals surface area (Å²) in [5.41, 5.74) is 1.27. The lowest BCUT2D eigenvalue weighted by Gasteiger charge is -2.21. The van der Waals surface area contributed by atoms with Gasteiger partial charge >= 0.3 is 0 Å². The predicted molar refractivity (Wildman–Crippen MR) is 135 cm³/mol.